The van der Waals surface area contributed by atoms with Gasteiger partial charge in [0.1, 0.15) is 6.04 Å². The van der Waals surface area contributed by atoms with E-state index in [0.29, 0.717) is 6.42 Å². The van der Waals surface area contributed by atoms with Gasteiger partial charge >= 0.3 is 5.97 Å². The molecule has 2 heterocycles. The number of carbonyl (C=O) groups is 1. The Balaban J connectivity index is 1.79. The van der Waals surface area contributed by atoms with Crippen LogP contribution in [0.2, 0.25) is 0 Å². The average Bonchev–Trinajstić information content (AvgIpc) is 2.80. The van der Waals surface area contributed by atoms with Crippen LogP contribution in [0.15, 0.2) is 79.0 Å². The summed E-state index contributed by atoms with van der Waals surface area (Å²) in [6.07, 6.45) is 4.48. The minimum absolute atomic E-state index is 0.148. The first-order valence-electron chi connectivity index (χ1n) is 10.5. The van der Waals surface area contributed by atoms with Gasteiger partial charge in [-0.3, -0.25) is 14.7 Å². The molecule has 1 aliphatic heterocycles. The molecule has 0 amide bonds. The Morgan fingerprint density at radius 1 is 0.900 bits per heavy atom. The molecule has 4 heteroatoms. The summed E-state index contributed by atoms with van der Waals surface area (Å²) >= 11 is 0. The number of nitrogens with zero attached hydrogens (tertiary/aromatic N) is 2. The third kappa shape index (κ3) is 3.23. The van der Waals surface area contributed by atoms with E-state index >= 15 is 0 Å². The zero-order valence-electron chi connectivity index (χ0n) is 16.7. The van der Waals surface area contributed by atoms with Gasteiger partial charge in [0.25, 0.3) is 0 Å². The molecule has 2 unspecified atom stereocenters. The van der Waals surface area contributed by atoms with Crippen molar-refractivity contribution in [3.63, 3.8) is 0 Å². The highest BCUT2D eigenvalue weighted by atomic mass is 16.4. The van der Waals surface area contributed by atoms with Gasteiger partial charge in [-0.15, -0.1) is 0 Å². The summed E-state index contributed by atoms with van der Waals surface area (Å²) in [6.45, 7) is 0.765. The van der Waals surface area contributed by atoms with E-state index < -0.39 is 12.0 Å². The Kier molecular flexibility index (Phi) is 4.93. The lowest BCUT2D eigenvalue weighted by Gasteiger charge is -2.40. The monoisotopic (exact) mass is 396 g/mol. The number of fused-ring (bicyclic) bond motifs is 2. The lowest BCUT2D eigenvalue weighted by Crippen LogP contribution is -2.47. The lowest BCUT2D eigenvalue weighted by atomic mass is 9.87. The minimum Gasteiger partial charge on any atom is -0.480 e. The van der Waals surface area contributed by atoms with E-state index in [1.807, 2.05) is 30.5 Å². The highest BCUT2D eigenvalue weighted by Gasteiger charge is 2.36. The number of aromatic nitrogens is 1. The van der Waals surface area contributed by atoms with E-state index in [1.165, 1.54) is 10.8 Å². The molecule has 150 valence electrons. The summed E-state index contributed by atoms with van der Waals surface area (Å²) in [5.41, 5.74) is 3.20. The third-order valence-electron chi connectivity index (χ3n) is 6.26. The van der Waals surface area contributed by atoms with Gasteiger partial charge in [0.15, 0.2) is 0 Å². The van der Waals surface area contributed by atoms with E-state index in [0.717, 1.165) is 41.4 Å². The molecule has 1 aromatic heterocycles. The predicted octanol–water partition coefficient (Wildman–Crippen LogP) is 5.42. The first-order chi connectivity index (χ1) is 14.7. The number of para-hydroxylation sites is 1. The van der Waals surface area contributed by atoms with Crippen LogP contribution in [0.3, 0.4) is 0 Å². The van der Waals surface area contributed by atoms with Crippen molar-refractivity contribution in [2.24, 2.45) is 0 Å². The van der Waals surface area contributed by atoms with Crippen LogP contribution < -0.4 is 0 Å². The second kappa shape index (κ2) is 7.88. The van der Waals surface area contributed by atoms with E-state index in [2.05, 4.69) is 58.4 Å². The third-order valence-corrected chi connectivity index (χ3v) is 6.26. The fraction of sp³-hybridized carbons (Fsp3) is 0.231. The summed E-state index contributed by atoms with van der Waals surface area (Å²) in [5.74, 6) is -0.738. The molecule has 1 saturated heterocycles. The molecule has 1 aliphatic rings. The molecule has 4 nitrogen and oxygen atoms in total. The molecular weight excluding hydrogens is 372 g/mol. The van der Waals surface area contributed by atoms with Crippen molar-refractivity contribution in [2.75, 3.05) is 6.54 Å². The molecular formula is C26H24N2O2. The summed E-state index contributed by atoms with van der Waals surface area (Å²) in [6, 6.07) is 24.2. The van der Waals surface area contributed by atoms with Gasteiger partial charge in [0, 0.05) is 11.6 Å². The molecule has 0 bridgehead atoms. The van der Waals surface area contributed by atoms with Crippen molar-refractivity contribution in [3.05, 3.63) is 90.1 Å². The fourth-order valence-corrected chi connectivity index (χ4v) is 4.90. The van der Waals surface area contributed by atoms with Gasteiger partial charge in [0.05, 0.1) is 11.6 Å². The summed E-state index contributed by atoms with van der Waals surface area (Å²) in [7, 11) is 0. The Hall–Kier alpha value is -3.24. The van der Waals surface area contributed by atoms with Crippen LogP contribution >= 0.6 is 0 Å². The Labute approximate surface area is 175 Å². The van der Waals surface area contributed by atoms with Crippen LogP contribution in [-0.4, -0.2) is 33.5 Å². The highest BCUT2D eigenvalue weighted by molar-refractivity contribution is 5.89. The quantitative estimate of drug-likeness (QED) is 0.501. The van der Waals surface area contributed by atoms with Crippen LogP contribution in [0.25, 0.3) is 21.7 Å². The number of likely N-dealkylation sites (tertiary alicyclic amines) is 1. The maximum Gasteiger partial charge on any atom is 0.320 e. The average molecular weight is 396 g/mol. The first kappa shape index (κ1) is 18.8. The predicted molar refractivity (Wildman–Crippen MR) is 120 cm³/mol. The van der Waals surface area contributed by atoms with Gasteiger partial charge in [0.2, 0.25) is 0 Å². The molecule has 3 aromatic carbocycles. The maximum atomic E-state index is 12.2. The number of piperidine rings is 1. The number of carboxylic acids is 1. The largest absolute Gasteiger partial charge is 0.480 e. The summed E-state index contributed by atoms with van der Waals surface area (Å²) in [4.78, 5) is 18.9. The van der Waals surface area contributed by atoms with Crippen LogP contribution in [0.5, 0.6) is 0 Å². The molecule has 1 fully saturated rings. The number of carboxylic acid groups (broad SMARTS) is 1. The van der Waals surface area contributed by atoms with Gasteiger partial charge < -0.3 is 5.11 Å². The molecule has 0 saturated carbocycles. The number of pyridine rings is 1. The smallest absolute Gasteiger partial charge is 0.320 e. The maximum absolute atomic E-state index is 12.2. The number of hydrogen-bond donors (Lipinski definition) is 1. The Morgan fingerprint density at radius 2 is 1.63 bits per heavy atom. The summed E-state index contributed by atoms with van der Waals surface area (Å²) in [5, 5.41) is 13.4. The molecule has 0 aliphatic carbocycles. The second-order valence-corrected chi connectivity index (χ2v) is 7.98. The number of hydrogen-bond acceptors (Lipinski definition) is 3. The molecule has 30 heavy (non-hydrogen) atoms. The SMILES string of the molecule is O=C(O)C1CCCCN1C(c1cccc2ccccc12)c1ccnc2ccccc12. The minimum atomic E-state index is -0.738. The standard InChI is InChI=1S/C26H24N2O2/c29-26(30)24-14-5-6-17-28(24)25(21-12-7-9-18-8-1-2-10-19(18)21)22-15-16-27-23-13-4-3-11-20(22)23/h1-4,7-13,15-16,24-25H,5-6,14,17H2,(H,29,30). The highest BCUT2D eigenvalue weighted by Crippen LogP contribution is 2.39. The molecule has 4 aromatic rings. The van der Waals surface area contributed by atoms with Gasteiger partial charge in [-0.05, 0) is 53.4 Å². The Morgan fingerprint density at radius 3 is 2.50 bits per heavy atom. The number of benzene rings is 3. The van der Waals surface area contributed by atoms with E-state index in [-0.39, 0.29) is 6.04 Å². The Bertz CT molecular complexity index is 1130. The van der Waals surface area contributed by atoms with Crippen LogP contribution in [0.4, 0.5) is 0 Å². The van der Waals surface area contributed by atoms with Crippen molar-refractivity contribution >= 4 is 27.6 Å². The van der Waals surface area contributed by atoms with E-state index in [1.54, 1.807) is 0 Å². The van der Waals surface area contributed by atoms with Crippen molar-refractivity contribution in [2.45, 2.75) is 31.3 Å². The van der Waals surface area contributed by atoms with Crippen LogP contribution in [-0.2, 0) is 4.79 Å². The normalized spacial score (nSPS) is 18.5. The van der Waals surface area contributed by atoms with Crippen molar-refractivity contribution in [1.82, 2.24) is 9.88 Å². The van der Waals surface area contributed by atoms with Crippen LogP contribution in [0.1, 0.15) is 36.4 Å². The number of rotatable bonds is 4. The lowest BCUT2D eigenvalue weighted by molar-refractivity contribution is -0.145. The van der Waals surface area contributed by atoms with Crippen molar-refractivity contribution < 1.29 is 9.90 Å². The number of aliphatic carboxylic acids is 1. The zero-order valence-corrected chi connectivity index (χ0v) is 16.7. The van der Waals surface area contributed by atoms with Gasteiger partial charge in [-0.2, -0.15) is 0 Å². The topological polar surface area (TPSA) is 53.4 Å². The fourth-order valence-electron chi connectivity index (χ4n) is 4.90. The molecule has 0 spiro atoms. The zero-order chi connectivity index (χ0) is 20.5. The van der Waals surface area contributed by atoms with E-state index in [9.17, 15) is 9.90 Å². The van der Waals surface area contributed by atoms with Crippen molar-refractivity contribution in [3.8, 4) is 0 Å². The molecule has 5 rings (SSSR count). The summed E-state index contributed by atoms with van der Waals surface area (Å²) < 4.78 is 0. The second-order valence-electron chi connectivity index (χ2n) is 7.98. The van der Waals surface area contributed by atoms with Crippen LogP contribution in [0, 0.1) is 0 Å². The molecule has 0 radical (unpaired) electrons. The van der Waals surface area contributed by atoms with E-state index in [4.69, 9.17) is 0 Å². The first-order valence-corrected chi connectivity index (χ1v) is 10.5. The van der Waals surface area contributed by atoms with Gasteiger partial charge in [-0.25, -0.2) is 0 Å². The molecule has 2 atom stereocenters. The van der Waals surface area contributed by atoms with Gasteiger partial charge in [-0.1, -0.05) is 67.1 Å². The molecule has 1 N–H and O–H groups in total. The van der Waals surface area contributed by atoms with Crippen molar-refractivity contribution in [1.29, 1.82) is 0 Å².